The van der Waals surface area contributed by atoms with Crippen LogP contribution in [0.4, 0.5) is 13.2 Å². The molecule has 0 bridgehead atoms. The van der Waals surface area contributed by atoms with E-state index < -0.39 is 17.5 Å². The molecule has 0 aliphatic rings. The number of hydrogen-bond acceptors (Lipinski definition) is 2. The molecule has 0 aliphatic carbocycles. The highest BCUT2D eigenvalue weighted by Crippen LogP contribution is 2.29. The van der Waals surface area contributed by atoms with Crippen molar-refractivity contribution >= 4 is 15.9 Å². The second-order valence-corrected chi connectivity index (χ2v) is 3.70. The van der Waals surface area contributed by atoms with Gasteiger partial charge in [-0.1, -0.05) is 0 Å². The van der Waals surface area contributed by atoms with Crippen molar-refractivity contribution in [3.8, 4) is 11.1 Å². The van der Waals surface area contributed by atoms with Crippen LogP contribution in [0.1, 0.15) is 0 Å². The Labute approximate surface area is 97.3 Å². The highest BCUT2D eigenvalue weighted by molar-refractivity contribution is 9.10. The number of rotatable bonds is 1. The van der Waals surface area contributed by atoms with E-state index in [1.807, 2.05) is 0 Å². The molecule has 82 valence electrons. The molecular weight excluding hydrogens is 285 g/mol. The van der Waals surface area contributed by atoms with Crippen molar-refractivity contribution in [3.05, 3.63) is 46.7 Å². The molecule has 0 saturated carbocycles. The highest BCUT2D eigenvalue weighted by atomic mass is 79.9. The SMILES string of the molecule is Fc1ccc(-c2cncnc2Br)c(F)c1F. The van der Waals surface area contributed by atoms with E-state index in [0.29, 0.717) is 4.60 Å². The van der Waals surface area contributed by atoms with Gasteiger partial charge >= 0.3 is 0 Å². The van der Waals surface area contributed by atoms with Gasteiger partial charge in [0.05, 0.1) is 0 Å². The molecule has 2 nitrogen and oxygen atoms in total. The van der Waals surface area contributed by atoms with Gasteiger partial charge < -0.3 is 0 Å². The molecular formula is C10H4BrF3N2. The average molecular weight is 289 g/mol. The third-order valence-electron chi connectivity index (χ3n) is 1.99. The van der Waals surface area contributed by atoms with Gasteiger partial charge in [-0.3, -0.25) is 0 Å². The predicted molar refractivity (Wildman–Crippen MR) is 55.0 cm³/mol. The topological polar surface area (TPSA) is 25.8 Å². The maximum atomic E-state index is 13.4. The van der Waals surface area contributed by atoms with Crippen LogP contribution in [-0.2, 0) is 0 Å². The molecule has 1 heterocycles. The zero-order valence-corrected chi connectivity index (χ0v) is 9.30. The Kier molecular flexibility index (Phi) is 2.91. The Hall–Kier alpha value is -1.43. The summed E-state index contributed by atoms with van der Waals surface area (Å²) in [4.78, 5) is 7.46. The van der Waals surface area contributed by atoms with Crippen LogP contribution in [0.3, 0.4) is 0 Å². The summed E-state index contributed by atoms with van der Waals surface area (Å²) in [6.07, 6.45) is 2.57. The smallest absolute Gasteiger partial charge is 0.195 e. The summed E-state index contributed by atoms with van der Waals surface area (Å²) in [6.45, 7) is 0. The molecule has 1 aromatic heterocycles. The standard InChI is InChI=1S/C10H4BrF3N2/c11-10-6(3-15-4-16-10)5-1-2-7(12)9(14)8(5)13/h1-4H. The first-order valence-corrected chi connectivity index (χ1v) is 5.00. The number of hydrogen-bond donors (Lipinski definition) is 0. The Morgan fingerprint density at radius 2 is 1.75 bits per heavy atom. The number of halogens is 4. The average Bonchev–Trinajstić information content (AvgIpc) is 2.28. The van der Waals surface area contributed by atoms with Crippen LogP contribution < -0.4 is 0 Å². The van der Waals surface area contributed by atoms with Crippen LogP contribution in [0.15, 0.2) is 29.3 Å². The molecule has 0 N–H and O–H groups in total. The minimum absolute atomic E-state index is 0.0913. The lowest BCUT2D eigenvalue weighted by Crippen LogP contribution is -1.95. The number of nitrogens with zero attached hydrogens (tertiary/aromatic N) is 2. The quantitative estimate of drug-likeness (QED) is 0.594. The van der Waals surface area contributed by atoms with Crippen molar-refractivity contribution in [2.75, 3.05) is 0 Å². The van der Waals surface area contributed by atoms with E-state index in [-0.39, 0.29) is 11.1 Å². The first kappa shape index (κ1) is 11.1. The van der Waals surface area contributed by atoms with E-state index in [1.165, 1.54) is 12.5 Å². The molecule has 2 rings (SSSR count). The first-order valence-electron chi connectivity index (χ1n) is 4.20. The molecule has 0 amide bonds. The van der Waals surface area contributed by atoms with Gasteiger partial charge in [-0.25, -0.2) is 23.1 Å². The van der Waals surface area contributed by atoms with Crippen molar-refractivity contribution in [1.82, 2.24) is 9.97 Å². The van der Waals surface area contributed by atoms with Crippen LogP contribution >= 0.6 is 15.9 Å². The Morgan fingerprint density at radius 3 is 2.44 bits per heavy atom. The van der Waals surface area contributed by atoms with Gasteiger partial charge in [-0.05, 0) is 28.1 Å². The molecule has 6 heteroatoms. The van der Waals surface area contributed by atoms with Crippen LogP contribution in [0, 0.1) is 17.5 Å². The Morgan fingerprint density at radius 1 is 1.00 bits per heavy atom. The molecule has 0 atom stereocenters. The fourth-order valence-electron chi connectivity index (χ4n) is 1.23. The third kappa shape index (κ3) is 1.80. The summed E-state index contributed by atoms with van der Waals surface area (Å²) < 4.78 is 39.5. The molecule has 0 aliphatic heterocycles. The van der Waals surface area contributed by atoms with Gasteiger partial charge in [0, 0.05) is 17.3 Å². The van der Waals surface area contributed by atoms with Crippen molar-refractivity contribution in [1.29, 1.82) is 0 Å². The molecule has 0 unspecified atom stereocenters. The second kappa shape index (κ2) is 4.21. The summed E-state index contributed by atoms with van der Waals surface area (Å²) in [5.74, 6) is -3.99. The number of benzene rings is 1. The molecule has 0 spiro atoms. The lowest BCUT2D eigenvalue weighted by Gasteiger charge is -2.05. The lowest BCUT2D eigenvalue weighted by atomic mass is 10.1. The third-order valence-corrected chi connectivity index (χ3v) is 2.62. The molecule has 0 saturated heterocycles. The van der Waals surface area contributed by atoms with E-state index in [9.17, 15) is 13.2 Å². The van der Waals surface area contributed by atoms with Crippen LogP contribution in [0.25, 0.3) is 11.1 Å². The second-order valence-electron chi connectivity index (χ2n) is 2.95. The first-order chi connectivity index (χ1) is 7.61. The van der Waals surface area contributed by atoms with E-state index in [1.54, 1.807) is 0 Å². The molecule has 16 heavy (non-hydrogen) atoms. The van der Waals surface area contributed by atoms with Gasteiger partial charge in [0.1, 0.15) is 10.9 Å². The molecule has 0 fully saturated rings. The lowest BCUT2D eigenvalue weighted by molar-refractivity contribution is 0.449. The summed E-state index contributed by atoms with van der Waals surface area (Å²) >= 11 is 3.08. The predicted octanol–water partition coefficient (Wildman–Crippen LogP) is 3.32. The highest BCUT2D eigenvalue weighted by Gasteiger charge is 2.16. The molecule has 2 aromatic rings. The van der Waals surface area contributed by atoms with E-state index in [4.69, 9.17) is 0 Å². The molecule has 0 radical (unpaired) electrons. The monoisotopic (exact) mass is 288 g/mol. The fourth-order valence-corrected chi connectivity index (χ4v) is 1.64. The maximum Gasteiger partial charge on any atom is 0.195 e. The van der Waals surface area contributed by atoms with Crippen LogP contribution in [0.2, 0.25) is 0 Å². The maximum absolute atomic E-state index is 13.4. The van der Waals surface area contributed by atoms with Crippen molar-refractivity contribution in [3.63, 3.8) is 0 Å². The van der Waals surface area contributed by atoms with Gasteiger partial charge in [-0.15, -0.1) is 0 Å². The summed E-state index contributed by atoms with van der Waals surface area (Å²) in [5, 5.41) is 0. The van der Waals surface area contributed by atoms with E-state index in [2.05, 4.69) is 25.9 Å². The zero-order chi connectivity index (χ0) is 11.7. The van der Waals surface area contributed by atoms with Crippen molar-refractivity contribution in [2.24, 2.45) is 0 Å². The Bertz CT molecular complexity index is 546. The van der Waals surface area contributed by atoms with E-state index >= 15 is 0 Å². The zero-order valence-electron chi connectivity index (χ0n) is 7.72. The number of aromatic nitrogens is 2. The largest absolute Gasteiger partial charge is 0.244 e. The minimum atomic E-state index is -1.51. The summed E-state index contributed by atoms with van der Waals surface area (Å²) in [5.41, 5.74) is 0.172. The summed E-state index contributed by atoms with van der Waals surface area (Å²) in [6, 6.07) is 1.99. The van der Waals surface area contributed by atoms with Crippen LogP contribution in [0.5, 0.6) is 0 Å². The van der Waals surface area contributed by atoms with Gasteiger partial charge in [0.2, 0.25) is 0 Å². The van der Waals surface area contributed by atoms with Crippen molar-refractivity contribution < 1.29 is 13.2 Å². The van der Waals surface area contributed by atoms with Gasteiger partial charge in [0.15, 0.2) is 17.5 Å². The van der Waals surface area contributed by atoms with E-state index in [0.717, 1.165) is 12.1 Å². The minimum Gasteiger partial charge on any atom is -0.244 e. The normalized spacial score (nSPS) is 10.5. The Balaban J connectivity index is 2.66. The molecule has 1 aromatic carbocycles. The van der Waals surface area contributed by atoms with Crippen molar-refractivity contribution in [2.45, 2.75) is 0 Å². The fraction of sp³-hybridized carbons (Fsp3) is 0. The van der Waals surface area contributed by atoms with Gasteiger partial charge in [0.25, 0.3) is 0 Å². The van der Waals surface area contributed by atoms with Crippen LogP contribution in [-0.4, -0.2) is 9.97 Å². The summed E-state index contributed by atoms with van der Waals surface area (Å²) in [7, 11) is 0. The van der Waals surface area contributed by atoms with Gasteiger partial charge in [-0.2, -0.15) is 0 Å².